The third kappa shape index (κ3) is 2.86. The van der Waals surface area contributed by atoms with Gasteiger partial charge in [-0.25, -0.2) is 9.02 Å². The summed E-state index contributed by atoms with van der Waals surface area (Å²) in [5, 5.41) is 7.56. The van der Waals surface area contributed by atoms with Crippen LogP contribution in [0.15, 0.2) is 41.0 Å². The van der Waals surface area contributed by atoms with Crippen LogP contribution in [0.4, 0.5) is 4.39 Å². The molecule has 0 amide bonds. The molecule has 0 spiro atoms. The average molecular weight is 286 g/mol. The number of nitrogens with zero attached hydrogens (tertiary/aromatic N) is 2. The normalized spacial score (nSPS) is 11.2. The molecule has 21 heavy (non-hydrogen) atoms. The Kier molecular flexibility index (Phi) is 3.56. The number of aromatic nitrogens is 2. The summed E-state index contributed by atoms with van der Waals surface area (Å²) >= 11 is 0. The van der Waals surface area contributed by atoms with Crippen LogP contribution >= 0.6 is 0 Å². The molecule has 0 aliphatic carbocycles. The maximum absolute atomic E-state index is 13.3. The molecule has 3 rings (SSSR count). The molecule has 4 nitrogen and oxygen atoms in total. The van der Waals surface area contributed by atoms with Crippen LogP contribution in [0.3, 0.4) is 0 Å². The van der Waals surface area contributed by atoms with Crippen molar-refractivity contribution in [2.45, 2.75) is 26.4 Å². The van der Waals surface area contributed by atoms with Crippen LogP contribution in [0.1, 0.15) is 30.9 Å². The van der Waals surface area contributed by atoms with Gasteiger partial charge in [-0.05, 0) is 57.7 Å². The van der Waals surface area contributed by atoms with Crippen molar-refractivity contribution in [3.8, 4) is 5.75 Å². The minimum absolute atomic E-state index is 0.193. The number of hydrogen-bond acceptors (Lipinski definition) is 4. The highest BCUT2D eigenvalue weighted by molar-refractivity contribution is 5.73. The van der Waals surface area contributed by atoms with E-state index in [0.29, 0.717) is 23.4 Å². The van der Waals surface area contributed by atoms with Crippen LogP contribution in [-0.2, 0) is 6.61 Å². The molecule has 2 aromatic carbocycles. The minimum Gasteiger partial charge on any atom is -0.489 e. The summed E-state index contributed by atoms with van der Waals surface area (Å²) in [5.74, 6) is 0.642. The van der Waals surface area contributed by atoms with E-state index in [9.17, 15) is 4.39 Å². The van der Waals surface area contributed by atoms with Crippen LogP contribution in [0.2, 0.25) is 0 Å². The fraction of sp³-hybridized carbons (Fsp3) is 0.250. The van der Waals surface area contributed by atoms with Gasteiger partial charge in [-0.1, -0.05) is 19.9 Å². The first kappa shape index (κ1) is 13.5. The van der Waals surface area contributed by atoms with Gasteiger partial charge in [0.15, 0.2) is 0 Å². The first-order chi connectivity index (χ1) is 10.1. The zero-order chi connectivity index (χ0) is 14.8. The molecule has 1 heterocycles. The summed E-state index contributed by atoms with van der Waals surface area (Å²) < 4.78 is 23.8. The Bertz CT molecular complexity index is 768. The van der Waals surface area contributed by atoms with E-state index >= 15 is 0 Å². The maximum Gasteiger partial charge on any atom is 0.135 e. The second kappa shape index (κ2) is 5.52. The lowest BCUT2D eigenvalue weighted by Crippen LogP contribution is -2.00. The molecular weight excluding hydrogens is 271 g/mol. The zero-order valence-electron chi connectivity index (χ0n) is 11.8. The summed E-state index contributed by atoms with van der Waals surface area (Å²) in [6.45, 7) is 4.40. The highest BCUT2D eigenvalue weighted by atomic mass is 19.1. The molecule has 3 aromatic rings. The molecule has 0 fully saturated rings. The molecule has 108 valence electrons. The van der Waals surface area contributed by atoms with Crippen molar-refractivity contribution in [3.63, 3.8) is 0 Å². The zero-order valence-corrected chi connectivity index (χ0v) is 11.8. The maximum atomic E-state index is 13.3. The van der Waals surface area contributed by atoms with Gasteiger partial charge in [0.1, 0.15) is 29.2 Å². The van der Waals surface area contributed by atoms with Crippen molar-refractivity contribution in [2.24, 2.45) is 0 Å². The van der Waals surface area contributed by atoms with Crippen molar-refractivity contribution in [3.05, 3.63) is 53.3 Å². The topological polar surface area (TPSA) is 48.2 Å². The first-order valence-corrected chi connectivity index (χ1v) is 6.77. The van der Waals surface area contributed by atoms with Gasteiger partial charge in [-0.2, -0.15) is 0 Å². The van der Waals surface area contributed by atoms with Crippen molar-refractivity contribution >= 4 is 11.0 Å². The highest BCUT2D eigenvalue weighted by Gasteiger charge is 2.10. The molecule has 0 radical (unpaired) electrons. The van der Waals surface area contributed by atoms with E-state index in [4.69, 9.17) is 4.74 Å². The Hall–Kier alpha value is -2.43. The SMILES string of the molecule is CC(C)c1cc(F)ccc1OCc1ccc2nonc2c1. The van der Waals surface area contributed by atoms with Crippen LogP contribution in [-0.4, -0.2) is 10.3 Å². The second-order valence-corrected chi connectivity index (χ2v) is 5.21. The Morgan fingerprint density at radius 1 is 1.10 bits per heavy atom. The molecule has 5 heteroatoms. The van der Waals surface area contributed by atoms with Gasteiger partial charge in [0.25, 0.3) is 0 Å². The largest absolute Gasteiger partial charge is 0.489 e. The summed E-state index contributed by atoms with van der Waals surface area (Å²) in [5.41, 5.74) is 3.22. The molecule has 0 bridgehead atoms. The molecule has 0 N–H and O–H groups in total. The lowest BCUT2D eigenvalue weighted by molar-refractivity contribution is 0.301. The Labute approximate surface area is 121 Å². The van der Waals surface area contributed by atoms with Crippen molar-refractivity contribution < 1.29 is 13.8 Å². The predicted molar refractivity (Wildman–Crippen MR) is 76.6 cm³/mol. The highest BCUT2D eigenvalue weighted by Crippen LogP contribution is 2.28. The van der Waals surface area contributed by atoms with Crippen LogP contribution in [0.25, 0.3) is 11.0 Å². The van der Waals surface area contributed by atoms with Gasteiger partial charge < -0.3 is 4.74 Å². The van der Waals surface area contributed by atoms with E-state index in [0.717, 1.165) is 11.1 Å². The average Bonchev–Trinajstić information content (AvgIpc) is 2.93. The van der Waals surface area contributed by atoms with Crippen molar-refractivity contribution in [2.75, 3.05) is 0 Å². The van der Waals surface area contributed by atoms with E-state index in [1.807, 2.05) is 32.0 Å². The standard InChI is InChI=1S/C16H15FN2O2/c1-10(2)13-8-12(17)4-6-16(13)20-9-11-3-5-14-15(7-11)19-21-18-14/h3-8,10H,9H2,1-2H3. The fourth-order valence-corrected chi connectivity index (χ4v) is 2.18. The van der Waals surface area contributed by atoms with Gasteiger partial charge in [0.05, 0.1) is 0 Å². The Morgan fingerprint density at radius 3 is 2.71 bits per heavy atom. The van der Waals surface area contributed by atoms with Gasteiger partial charge in [0.2, 0.25) is 0 Å². The Balaban J connectivity index is 1.80. The quantitative estimate of drug-likeness (QED) is 0.725. The summed E-state index contributed by atoms with van der Waals surface area (Å²) in [6.07, 6.45) is 0. The van der Waals surface area contributed by atoms with E-state index in [1.54, 1.807) is 6.07 Å². The number of ether oxygens (including phenoxy) is 1. The van der Waals surface area contributed by atoms with E-state index in [-0.39, 0.29) is 11.7 Å². The molecule has 0 saturated heterocycles. The molecule has 0 aliphatic rings. The van der Waals surface area contributed by atoms with E-state index in [1.165, 1.54) is 12.1 Å². The third-order valence-electron chi connectivity index (χ3n) is 3.31. The van der Waals surface area contributed by atoms with Crippen LogP contribution in [0, 0.1) is 5.82 Å². The Morgan fingerprint density at radius 2 is 1.90 bits per heavy atom. The fourth-order valence-electron chi connectivity index (χ4n) is 2.18. The lowest BCUT2D eigenvalue weighted by atomic mass is 10.0. The van der Waals surface area contributed by atoms with Gasteiger partial charge in [-0.15, -0.1) is 0 Å². The van der Waals surface area contributed by atoms with Crippen molar-refractivity contribution in [1.29, 1.82) is 0 Å². The van der Waals surface area contributed by atoms with Crippen LogP contribution < -0.4 is 4.74 Å². The van der Waals surface area contributed by atoms with Gasteiger partial charge in [-0.3, -0.25) is 0 Å². The van der Waals surface area contributed by atoms with Gasteiger partial charge >= 0.3 is 0 Å². The molecule has 0 aliphatic heterocycles. The van der Waals surface area contributed by atoms with E-state index < -0.39 is 0 Å². The van der Waals surface area contributed by atoms with Gasteiger partial charge in [0, 0.05) is 0 Å². The molecule has 0 unspecified atom stereocenters. The smallest absolute Gasteiger partial charge is 0.135 e. The van der Waals surface area contributed by atoms with E-state index in [2.05, 4.69) is 14.9 Å². The molecule has 1 aromatic heterocycles. The summed E-state index contributed by atoms with van der Waals surface area (Å²) in [7, 11) is 0. The molecule has 0 saturated carbocycles. The predicted octanol–water partition coefficient (Wildman–Crippen LogP) is 4.06. The van der Waals surface area contributed by atoms with Crippen molar-refractivity contribution in [1.82, 2.24) is 10.3 Å². The first-order valence-electron chi connectivity index (χ1n) is 6.77. The third-order valence-corrected chi connectivity index (χ3v) is 3.31. The molecular formula is C16H15FN2O2. The lowest BCUT2D eigenvalue weighted by Gasteiger charge is -2.14. The number of fused-ring (bicyclic) bond motifs is 1. The second-order valence-electron chi connectivity index (χ2n) is 5.21. The number of halogens is 1. The molecule has 0 atom stereocenters. The number of hydrogen-bond donors (Lipinski definition) is 0. The summed E-state index contributed by atoms with van der Waals surface area (Å²) in [4.78, 5) is 0. The monoisotopic (exact) mass is 286 g/mol. The van der Waals surface area contributed by atoms with Crippen LogP contribution in [0.5, 0.6) is 5.75 Å². The number of rotatable bonds is 4. The summed E-state index contributed by atoms with van der Waals surface area (Å²) in [6, 6.07) is 10.2. The minimum atomic E-state index is -0.249. The number of benzene rings is 2.